The maximum absolute atomic E-state index is 11.3. The van der Waals surface area contributed by atoms with Crippen LogP contribution in [0.5, 0.6) is 0 Å². The normalized spacial score (nSPS) is 21.8. The third-order valence-corrected chi connectivity index (χ3v) is 4.96. The molecule has 19 heavy (non-hydrogen) atoms. The number of para-hydroxylation sites is 1. The van der Waals surface area contributed by atoms with E-state index in [1.54, 1.807) is 12.1 Å². The molecule has 0 atom stereocenters. The number of aromatic carboxylic acids is 1. The zero-order valence-corrected chi connectivity index (χ0v) is 11.3. The minimum Gasteiger partial charge on any atom is -0.478 e. The van der Waals surface area contributed by atoms with Gasteiger partial charge in [0.2, 0.25) is 0 Å². The zero-order valence-electron chi connectivity index (χ0n) is 11.3. The lowest BCUT2D eigenvalue weighted by Crippen LogP contribution is -2.39. The van der Waals surface area contributed by atoms with Crippen molar-refractivity contribution in [2.75, 3.05) is 18.0 Å². The van der Waals surface area contributed by atoms with Crippen LogP contribution in [0.4, 0.5) is 5.69 Å². The van der Waals surface area contributed by atoms with E-state index < -0.39 is 5.97 Å². The van der Waals surface area contributed by atoms with Crippen molar-refractivity contribution in [1.82, 2.24) is 0 Å². The summed E-state index contributed by atoms with van der Waals surface area (Å²) < 4.78 is 0. The van der Waals surface area contributed by atoms with E-state index in [1.807, 2.05) is 12.1 Å². The second-order valence-electron chi connectivity index (χ2n) is 6.02. The molecule has 1 spiro atoms. The van der Waals surface area contributed by atoms with Gasteiger partial charge in [0.15, 0.2) is 0 Å². The van der Waals surface area contributed by atoms with Crippen molar-refractivity contribution < 1.29 is 9.90 Å². The fraction of sp³-hybridized carbons (Fsp3) is 0.562. The molecule has 2 fully saturated rings. The molecule has 0 bridgehead atoms. The van der Waals surface area contributed by atoms with Gasteiger partial charge in [0, 0.05) is 13.1 Å². The van der Waals surface area contributed by atoms with Gasteiger partial charge in [-0.25, -0.2) is 4.79 Å². The summed E-state index contributed by atoms with van der Waals surface area (Å²) in [5.74, 6) is -0.822. The van der Waals surface area contributed by atoms with Crippen LogP contribution in [0.2, 0.25) is 0 Å². The van der Waals surface area contributed by atoms with E-state index in [4.69, 9.17) is 0 Å². The first-order valence-electron chi connectivity index (χ1n) is 7.28. The smallest absolute Gasteiger partial charge is 0.337 e. The summed E-state index contributed by atoms with van der Waals surface area (Å²) in [6.45, 7) is 2.01. The Morgan fingerprint density at radius 1 is 1.05 bits per heavy atom. The lowest BCUT2D eigenvalue weighted by Gasteiger charge is -2.40. The summed E-state index contributed by atoms with van der Waals surface area (Å²) in [6, 6.07) is 7.38. The van der Waals surface area contributed by atoms with Crippen LogP contribution in [-0.2, 0) is 0 Å². The molecule has 0 radical (unpaired) electrons. The first-order valence-corrected chi connectivity index (χ1v) is 7.28. The van der Waals surface area contributed by atoms with Gasteiger partial charge in [0.05, 0.1) is 11.3 Å². The predicted octanol–water partition coefficient (Wildman–Crippen LogP) is 3.55. The number of carbonyl (C=O) groups is 1. The number of piperidine rings is 1. The second-order valence-corrected chi connectivity index (χ2v) is 6.02. The van der Waals surface area contributed by atoms with E-state index in [-0.39, 0.29) is 0 Å². The Labute approximate surface area is 114 Å². The molecule has 102 valence electrons. The summed E-state index contributed by atoms with van der Waals surface area (Å²) >= 11 is 0. The number of rotatable bonds is 2. The van der Waals surface area contributed by atoms with Gasteiger partial charge in [-0.05, 0) is 43.2 Å². The molecule has 1 aliphatic heterocycles. The Morgan fingerprint density at radius 3 is 2.32 bits per heavy atom. The van der Waals surface area contributed by atoms with Gasteiger partial charge in [-0.15, -0.1) is 0 Å². The molecule has 3 nitrogen and oxygen atoms in total. The van der Waals surface area contributed by atoms with Gasteiger partial charge in [0.1, 0.15) is 0 Å². The topological polar surface area (TPSA) is 40.5 Å². The number of carboxylic acids is 1. The fourth-order valence-corrected chi connectivity index (χ4v) is 3.78. The highest BCUT2D eigenvalue weighted by Gasteiger charge is 2.37. The molecule has 1 aromatic rings. The van der Waals surface area contributed by atoms with Crippen LogP contribution in [0.1, 0.15) is 48.9 Å². The maximum Gasteiger partial charge on any atom is 0.337 e. The summed E-state index contributed by atoms with van der Waals surface area (Å²) in [4.78, 5) is 13.5. The van der Waals surface area contributed by atoms with Crippen molar-refractivity contribution >= 4 is 11.7 Å². The number of nitrogens with zero attached hydrogens (tertiary/aromatic N) is 1. The first-order chi connectivity index (χ1) is 9.20. The molecule has 1 heterocycles. The van der Waals surface area contributed by atoms with Crippen LogP contribution >= 0.6 is 0 Å². The monoisotopic (exact) mass is 259 g/mol. The van der Waals surface area contributed by atoms with Crippen LogP contribution in [0.15, 0.2) is 24.3 Å². The van der Waals surface area contributed by atoms with Crippen molar-refractivity contribution in [1.29, 1.82) is 0 Å². The van der Waals surface area contributed by atoms with Crippen LogP contribution in [0.25, 0.3) is 0 Å². The third-order valence-electron chi connectivity index (χ3n) is 4.96. The minimum absolute atomic E-state index is 0.435. The minimum atomic E-state index is -0.822. The van der Waals surface area contributed by atoms with Crippen molar-refractivity contribution in [3.05, 3.63) is 29.8 Å². The molecule has 1 aliphatic carbocycles. The Balaban J connectivity index is 1.76. The van der Waals surface area contributed by atoms with Crippen LogP contribution in [0.3, 0.4) is 0 Å². The van der Waals surface area contributed by atoms with E-state index >= 15 is 0 Å². The molecule has 1 saturated heterocycles. The van der Waals surface area contributed by atoms with Gasteiger partial charge >= 0.3 is 5.97 Å². The Morgan fingerprint density at radius 2 is 1.68 bits per heavy atom. The Kier molecular flexibility index (Phi) is 3.21. The summed E-state index contributed by atoms with van der Waals surface area (Å²) in [5, 5.41) is 9.27. The van der Waals surface area contributed by atoms with E-state index in [1.165, 1.54) is 38.5 Å². The lowest BCUT2D eigenvalue weighted by atomic mass is 9.77. The zero-order chi connectivity index (χ0) is 13.3. The van der Waals surface area contributed by atoms with Crippen molar-refractivity contribution in [2.45, 2.75) is 38.5 Å². The summed E-state index contributed by atoms with van der Waals surface area (Å²) in [5.41, 5.74) is 1.90. The molecular formula is C16H21NO2. The number of benzene rings is 1. The second kappa shape index (κ2) is 4.87. The van der Waals surface area contributed by atoms with Crippen LogP contribution in [0, 0.1) is 5.41 Å². The van der Waals surface area contributed by atoms with E-state index in [2.05, 4.69) is 4.90 Å². The quantitative estimate of drug-likeness (QED) is 0.883. The number of hydrogen-bond donors (Lipinski definition) is 1. The highest BCUT2D eigenvalue weighted by molar-refractivity contribution is 5.94. The average molecular weight is 259 g/mol. The van der Waals surface area contributed by atoms with Crippen LogP contribution < -0.4 is 4.90 Å². The predicted molar refractivity (Wildman–Crippen MR) is 75.7 cm³/mol. The van der Waals surface area contributed by atoms with E-state index in [9.17, 15) is 9.90 Å². The van der Waals surface area contributed by atoms with Gasteiger partial charge in [-0.3, -0.25) is 0 Å². The Hall–Kier alpha value is -1.51. The third kappa shape index (κ3) is 2.34. The molecular weight excluding hydrogens is 238 g/mol. The molecule has 0 aromatic heterocycles. The lowest BCUT2D eigenvalue weighted by molar-refractivity contribution is 0.0697. The number of hydrogen-bond acceptors (Lipinski definition) is 2. The largest absolute Gasteiger partial charge is 0.478 e. The van der Waals surface area contributed by atoms with Gasteiger partial charge < -0.3 is 10.0 Å². The van der Waals surface area contributed by atoms with E-state index in [0.717, 1.165) is 18.8 Å². The van der Waals surface area contributed by atoms with Gasteiger partial charge in [-0.1, -0.05) is 25.0 Å². The van der Waals surface area contributed by atoms with Crippen LogP contribution in [-0.4, -0.2) is 24.2 Å². The fourth-order valence-electron chi connectivity index (χ4n) is 3.78. The maximum atomic E-state index is 11.3. The molecule has 0 amide bonds. The molecule has 2 aliphatic rings. The molecule has 3 rings (SSSR count). The first kappa shape index (κ1) is 12.5. The Bertz CT molecular complexity index is 467. The highest BCUT2D eigenvalue weighted by atomic mass is 16.4. The molecule has 1 N–H and O–H groups in total. The standard InChI is InChI=1S/C16H21NO2/c18-15(19)13-5-1-2-6-14(13)17-11-9-16(10-12-17)7-3-4-8-16/h1-2,5-6H,3-4,7-12H2,(H,18,19). The van der Waals surface area contributed by atoms with Gasteiger partial charge in [0.25, 0.3) is 0 Å². The summed E-state index contributed by atoms with van der Waals surface area (Å²) in [6.07, 6.45) is 7.96. The van der Waals surface area contributed by atoms with Crippen molar-refractivity contribution in [2.24, 2.45) is 5.41 Å². The number of carboxylic acid groups (broad SMARTS) is 1. The SMILES string of the molecule is O=C(O)c1ccccc1N1CCC2(CCCC2)CC1. The number of anilines is 1. The highest BCUT2D eigenvalue weighted by Crippen LogP contribution is 2.46. The molecule has 0 unspecified atom stereocenters. The van der Waals surface area contributed by atoms with E-state index in [0.29, 0.717) is 11.0 Å². The molecule has 1 saturated carbocycles. The van der Waals surface area contributed by atoms with Crippen molar-refractivity contribution in [3.63, 3.8) is 0 Å². The molecule has 1 aromatic carbocycles. The van der Waals surface area contributed by atoms with Gasteiger partial charge in [-0.2, -0.15) is 0 Å². The average Bonchev–Trinajstić information content (AvgIpc) is 2.88. The van der Waals surface area contributed by atoms with Crippen molar-refractivity contribution in [3.8, 4) is 0 Å². The summed E-state index contributed by atoms with van der Waals surface area (Å²) in [7, 11) is 0. The molecule has 3 heteroatoms.